The summed E-state index contributed by atoms with van der Waals surface area (Å²) in [6, 6.07) is 0. The van der Waals surface area contributed by atoms with Crippen molar-refractivity contribution in [3.8, 4) is 0 Å². The molecule has 0 saturated carbocycles. The number of allylic oxidation sites excluding steroid dienone is 1. The zero-order chi connectivity index (χ0) is 35.0. The van der Waals surface area contributed by atoms with Gasteiger partial charge in [0.15, 0.2) is 0 Å². The summed E-state index contributed by atoms with van der Waals surface area (Å²) in [5, 5.41) is 12.8. The number of methoxy groups -OCH3 is 2. The SMILES string of the molecule is CCCCC[C@H](O)CCOC(CCC)C[C@H](CC1C[C@@H](OC(=O)/C=C\CCc2coc(/C=C\CNC(=O)OC)n2)CC(CC=O)O1)OC. The van der Waals surface area contributed by atoms with E-state index < -0.39 is 12.1 Å². The normalized spacial score (nSPS) is 20.1. The van der Waals surface area contributed by atoms with Crippen molar-refractivity contribution in [1.82, 2.24) is 10.3 Å². The third-order valence-electron chi connectivity index (χ3n) is 8.22. The lowest BCUT2D eigenvalue weighted by Gasteiger charge is -2.36. The first kappa shape index (κ1) is 41.1. The molecular weight excluding hydrogens is 620 g/mol. The van der Waals surface area contributed by atoms with E-state index in [1.54, 1.807) is 31.6 Å². The van der Waals surface area contributed by atoms with Crippen molar-refractivity contribution >= 4 is 24.4 Å². The smallest absolute Gasteiger partial charge is 0.407 e. The Morgan fingerprint density at radius 1 is 1.08 bits per heavy atom. The number of aliphatic hydroxyl groups is 1. The second kappa shape index (κ2) is 25.0. The molecule has 12 nitrogen and oxygen atoms in total. The largest absolute Gasteiger partial charge is 0.459 e. The van der Waals surface area contributed by atoms with E-state index in [4.69, 9.17) is 23.4 Å². The van der Waals surface area contributed by atoms with E-state index >= 15 is 0 Å². The molecule has 0 bridgehead atoms. The molecule has 1 fully saturated rings. The monoisotopic (exact) mass is 678 g/mol. The molecule has 1 saturated heterocycles. The number of nitrogens with one attached hydrogen (secondary N) is 1. The molecule has 1 aromatic heterocycles. The quantitative estimate of drug-likeness (QED) is 0.0550. The first-order valence-corrected chi connectivity index (χ1v) is 17.5. The second-order valence-electron chi connectivity index (χ2n) is 12.3. The Morgan fingerprint density at radius 3 is 2.62 bits per heavy atom. The van der Waals surface area contributed by atoms with Gasteiger partial charge in [-0.2, -0.15) is 0 Å². The van der Waals surface area contributed by atoms with Crippen LogP contribution >= 0.6 is 0 Å². The van der Waals surface area contributed by atoms with Gasteiger partial charge in [0.25, 0.3) is 0 Å². The summed E-state index contributed by atoms with van der Waals surface area (Å²) < 4.78 is 34.0. The van der Waals surface area contributed by atoms with Crippen molar-refractivity contribution in [2.45, 2.75) is 140 Å². The molecule has 6 atom stereocenters. The number of alkyl carbamates (subject to hydrolysis) is 1. The van der Waals surface area contributed by atoms with E-state index in [1.807, 2.05) is 0 Å². The first-order valence-electron chi connectivity index (χ1n) is 17.5. The van der Waals surface area contributed by atoms with Crippen molar-refractivity contribution in [3.05, 3.63) is 36.1 Å². The average molecular weight is 679 g/mol. The lowest BCUT2D eigenvalue weighted by atomic mass is 9.94. The fourth-order valence-electron chi connectivity index (χ4n) is 5.69. The van der Waals surface area contributed by atoms with E-state index in [1.165, 1.54) is 13.2 Å². The zero-order valence-corrected chi connectivity index (χ0v) is 29.3. The Kier molecular flexibility index (Phi) is 21.4. The van der Waals surface area contributed by atoms with E-state index in [2.05, 4.69) is 28.9 Å². The van der Waals surface area contributed by atoms with Crippen molar-refractivity contribution < 1.29 is 47.6 Å². The number of esters is 1. The fraction of sp³-hybridized carbons (Fsp3) is 0.722. The summed E-state index contributed by atoms with van der Waals surface area (Å²) in [6.45, 7) is 5.07. The highest BCUT2D eigenvalue weighted by molar-refractivity contribution is 5.82. The predicted octanol–water partition coefficient (Wildman–Crippen LogP) is 5.89. The van der Waals surface area contributed by atoms with Gasteiger partial charge < -0.3 is 43.3 Å². The number of aldehydes is 1. The van der Waals surface area contributed by atoms with Gasteiger partial charge in [0, 0.05) is 45.6 Å². The molecule has 1 aliphatic rings. The van der Waals surface area contributed by atoms with E-state index in [0.717, 1.165) is 50.5 Å². The van der Waals surface area contributed by atoms with Gasteiger partial charge in [-0.3, -0.25) is 0 Å². The molecule has 1 aromatic rings. The molecular formula is C36H58N2O10. The summed E-state index contributed by atoms with van der Waals surface area (Å²) in [6.07, 6.45) is 17.2. The van der Waals surface area contributed by atoms with Gasteiger partial charge in [-0.05, 0) is 51.0 Å². The summed E-state index contributed by atoms with van der Waals surface area (Å²) in [4.78, 5) is 39.4. The average Bonchev–Trinajstić information content (AvgIpc) is 3.52. The maximum atomic E-state index is 12.7. The Bertz CT molecular complexity index is 1090. The standard InChI is InChI=1S/C36H58N2O10/c1-5-7-8-14-28(40)18-21-45-29(12-6-2)22-31(43-3)24-32-25-33(23-30(47-32)17-20-39)48-35(41)16-10-9-13-27-26-46-34(38-27)15-11-19-37-36(42)44-4/h10-11,15-16,20,26,28-33,40H,5-9,12-14,17-19,21-25H2,1-4H3,(H,37,42)/b15-11-,16-10-/t28-,29?,30?,31+,32?,33-/m0/s1. The number of hydrogen-bond acceptors (Lipinski definition) is 11. The number of unbranched alkanes of at least 4 members (excludes halogenated alkanes) is 2. The Labute approximate surface area is 285 Å². The molecule has 272 valence electrons. The molecule has 48 heavy (non-hydrogen) atoms. The molecule has 0 aromatic carbocycles. The van der Waals surface area contributed by atoms with Crippen LogP contribution in [0.15, 0.2) is 28.9 Å². The van der Waals surface area contributed by atoms with Crippen LogP contribution in [0.4, 0.5) is 4.79 Å². The number of nitrogens with zero attached hydrogens (tertiary/aromatic N) is 1. The lowest BCUT2D eigenvalue weighted by Crippen LogP contribution is -2.40. The summed E-state index contributed by atoms with van der Waals surface area (Å²) >= 11 is 0. The maximum absolute atomic E-state index is 12.7. The van der Waals surface area contributed by atoms with Crippen LogP contribution in [0.1, 0.15) is 109 Å². The molecule has 1 amide bonds. The van der Waals surface area contributed by atoms with Crippen molar-refractivity contribution in [1.29, 1.82) is 0 Å². The van der Waals surface area contributed by atoms with Crippen LogP contribution in [-0.4, -0.2) is 92.4 Å². The number of amides is 1. The number of aliphatic hydroxyl groups excluding tert-OH is 1. The molecule has 2 N–H and O–H groups in total. The predicted molar refractivity (Wildman–Crippen MR) is 181 cm³/mol. The molecule has 0 spiro atoms. The minimum atomic E-state index is -0.519. The zero-order valence-electron chi connectivity index (χ0n) is 29.3. The number of carbonyl (C=O) groups excluding carboxylic acids is 3. The number of rotatable bonds is 25. The van der Waals surface area contributed by atoms with E-state index in [9.17, 15) is 19.5 Å². The van der Waals surface area contributed by atoms with Crippen LogP contribution in [0.3, 0.4) is 0 Å². The molecule has 0 aliphatic carbocycles. The Balaban J connectivity index is 1.82. The summed E-state index contributed by atoms with van der Waals surface area (Å²) in [7, 11) is 2.98. The number of oxazole rings is 1. The Hall–Kier alpha value is -3.06. The number of aryl methyl sites for hydroxylation is 1. The number of hydrogen-bond donors (Lipinski definition) is 2. The molecule has 1 aliphatic heterocycles. The van der Waals surface area contributed by atoms with Crippen molar-refractivity contribution in [2.75, 3.05) is 27.4 Å². The van der Waals surface area contributed by atoms with Gasteiger partial charge in [-0.15, -0.1) is 0 Å². The molecule has 3 unspecified atom stereocenters. The van der Waals surface area contributed by atoms with Crippen LogP contribution in [0.25, 0.3) is 6.08 Å². The summed E-state index contributed by atoms with van der Waals surface area (Å²) in [5.41, 5.74) is 0.733. The van der Waals surface area contributed by atoms with Crippen LogP contribution in [0, 0.1) is 0 Å². The topological polar surface area (TPSA) is 156 Å². The third-order valence-corrected chi connectivity index (χ3v) is 8.22. The maximum Gasteiger partial charge on any atom is 0.407 e. The fourth-order valence-corrected chi connectivity index (χ4v) is 5.69. The highest BCUT2D eigenvalue weighted by Crippen LogP contribution is 2.28. The van der Waals surface area contributed by atoms with Crippen molar-refractivity contribution in [3.63, 3.8) is 0 Å². The van der Waals surface area contributed by atoms with E-state index in [0.29, 0.717) is 57.4 Å². The first-order chi connectivity index (χ1) is 23.3. The molecule has 0 radical (unpaired) electrons. The molecule has 2 rings (SSSR count). The summed E-state index contributed by atoms with van der Waals surface area (Å²) in [5.74, 6) is -0.0277. The van der Waals surface area contributed by atoms with Crippen molar-refractivity contribution in [2.24, 2.45) is 0 Å². The Morgan fingerprint density at radius 2 is 1.90 bits per heavy atom. The van der Waals surface area contributed by atoms with Crippen LogP contribution in [0.2, 0.25) is 0 Å². The van der Waals surface area contributed by atoms with Crippen LogP contribution in [0.5, 0.6) is 0 Å². The highest BCUT2D eigenvalue weighted by Gasteiger charge is 2.33. The molecule has 2 heterocycles. The van der Waals surface area contributed by atoms with Gasteiger partial charge in [0.2, 0.25) is 5.89 Å². The van der Waals surface area contributed by atoms with E-state index in [-0.39, 0.29) is 49.6 Å². The minimum absolute atomic E-state index is 0.00607. The van der Waals surface area contributed by atoms with Gasteiger partial charge >= 0.3 is 12.1 Å². The van der Waals surface area contributed by atoms with Crippen LogP contribution in [-0.2, 0) is 39.7 Å². The number of aromatic nitrogens is 1. The highest BCUT2D eigenvalue weighted by atomic mass is 16.6. The van der Waals surface area contributed by atoms with Gasteiger partial charge in [-0.25, -0.2) is 14.6 Å². The number of carbonyl (C=O) groups is 3. The van der Waals surface area contributed by atoms with Crippen LogP contribution < -0.4 is 5.32 Å². The molecule has 12 heteroatoms. The van der Waals surface area contributed by atoms with Gasteiger partial charge in [-0.1, -0.05) is 51.7 Å². The minimum Gasteiger partial charge on any atom is -0.459 e. The number of ether oxygens (including phenoxy) is 5. The lowest BCUT2D eigenvalue weighted by molar-refractivity contribution is -0.159. The van der Waals surface area contributed by atoms with Gasteiger partial charge in [0.1, 0.15) is 18.7 Å². The second-order valence-corrected chi connectivity index (χ2v) is 12.3. The van der Waals surface area contributed by atoms with Gasteiger partial charge in [0.05, 0.1) is 43.3 Å². The third kappa shape index (κ3) is 17.9.